The van der Waals surface area contributed by atoms with Crippen molar-refractivity contribution in [3.05, 3.63) is 90.0 Å². The molecule has 1 fully saturated rings. The van der Waals surface area contributed by atoms with Gasteiger partial charge in [-0.1, -0.05) is 67.8 Å². The Balaban J connectivity index is 1.58. The van der Waals surface area contributed by atoms with Crippen LogP contribution in [0.15, 0.2) is 78.9 Å². The molecule has 8 nitrogen and oxygen atoms in total. The third-order valence-corrected chi connectivity index (χ3v) is 8.48. The Morgan fingerprint density at radius 1 is 0.927 bits per heavy atom. The largest absolute Gasteiger partial charge is 0.457 e. The predicted molar refractivity (Wildman–Crippen MR) is 161 cm³/mol. The molecule has 1 aliphatic carbocycles. The molecule has 0 bridgehead atoms. The number of carbonyl (C=O) groups excluding carboxylic acids is 2. The van der Waals surface area contributed by atoms with Crippen molar-refractivity contribution < 1.29 is 22.7 Å². The molecule has 3 aromatic carbocycles. The molecule has 3 aromatic rings. The second-order valence-corrected chi connectivity index (χ2v) is 12.5. The minimum absolute atomic E-state index is 0.108. The van der Waals surface area contributed by atoms with Crippen LogP contribution in [-0.4, -0.2) is 50.0 Å². The predicted octanol–water partition coefficient (Wildman–Crippen LogP) is 5.42. The summed E-state index contributed by atoms with van der Waals surface area (Å²) in [5.41, 5.74) is 2.28. The number of nitrogens with zero attached hydrogens (tertiary/aromatic N) is 2. The van der Waals surface area contributed by atoms with Crippen LogP contribution in [0, 0.1) is 6.92 Å². The number of rotatable bonds is 12. The summed E-state index contributed by atoms with van der Waals surface area (Å²) < 4.78 is 32.7. The zero-order valence-electron chi connectivity index (χ0n) is 24.0. The van der Waals surface area contributed by atoms with Crippen molar-refractivity contribution in [1.29, 1.82) is 0 Å². The number of hydrogen-bond donors (Lipinski definition) is 1. The molecule has 0 aromatic heterocycles. The van der Waals surface area contributed by atoms with Crippen molar-refractivity contribution in [1.82, 2.24) is 10.2 Å². The van der Waals surface area contributed by atoms with Crippen LogP contribution in [0.1, 0.15) is 50.2 Å². The van der Waals surface area contributed by atoms with E-state index in [4.69, 9.17) is 4.74 Å². The van der Waals surface area contributed by atoms with E-state index in [0.717, 1.165) is 47.4 Å². The molecule has 1 aliphatic rings. The number of ether oxygens (including phenoxy) is 1. The highest BCUT2D eigenvalue weighted by molar-refractivity contribution is 7.92. The molecule has 0 aliphatic heterocycles. The van der Waals surface area contributed by atoms with Crippen LogP contribution in [0.5, 0.6) is 11.5 Å². The van der Waals surface area contributed by atoms with Gasteiger partial charge in [0.25, 0.3) is 0 Å². The highest BCUT2D eigenvalue weighted by Crippen LogP contribution is 2.26. The van der Waals surface area contributed by atoms with Gasteiger partial charge in [0, 0.05) is 12.6 Å². The van der Waals surface area contributed by atoms with Crippen molar-refractivity contribution in [2.24, 2.45) is 0 Å². The minimum Gasteiger partial charge on any atom is -0.457 e. The normalized spacial score (nSPS) is 14.3. The van der Waals surface area contributed by atoms with Gasteiger partial charge in [-0.15, -0.1) is 0 Å². The van der Waals surface area contributed by atoms with E-state index >= 15 is 0 Å². The van der Waals surface area contributed by atoms with Crippen LogP contribution in [0.2, 0.25) is 0 Å². The lowest BCUT2D eigenvalue weighted by atomic mass is 10.1. The molecule has 2 amide bonds. The fourth-order valence-corrected chi connectivity index (χ4v) is 5.95. The average molecular weight is 578 g/mol. The Morgan fingerprint density at radius 3 is 2.12 bits per heavy atom. The zero-order chi connectivity index (χ0) is 29.4. The quantitative estimate of drug-likeness (QED) is 0.310. The van der Waals surface area contributed by atoms with Crippen molar-refractivity contribution in [3.63, 3.8) is 0 Å². The van der Waals surface area contributed by atoms with Crippen LogP contribution in [0.25, 0.3) is 0 Å². The average Bonchev–Trinajstić information content (AvgIpc) is 3.46. The molecule has 4 rings (SSSR count). The monoisotopic (exact) mass is 577 g/mol. The van der Waals surface area contributed by atoms with Gasteiger partial charge in [0.2, 0.25) is 21.8 Å². The van der Waals surface area contributed by atoms with Crippen LogP contribution >= 0.6 is 0 Å². The first kappa shape index (κ1) is 30.1. The van der Waals surface area contributed by atoms with Crippen LogP contribution in [-0.2, 0) is 26.2 Å². The third kappa shape index (κ3) is 8.33. The molecule has 1 atom stereocenters. The molecule has 0 heterocycles. The summed E-state index contributed by atoms with van der Waals surface area (Å²) in [6.07, 6.45) is 5.49. The van der Waals surface area contributed by atoms with Crippen molar-refractivity contribution in [2.75, 3.05) is 17.1 Å². The first-order chi connectivity index (χ1) is 19.6. The van der Waals surface area contributed by atoms with Crippen LogP contribution in [0.3, 0.4) is 0 Å². The van der Waals surface area contributed by atoms with Gasteiger partial charge in [-0.2, -0.15) is 0 Å². The lowest BCUT2D eigenvalue weighted by molar-refractivity contribution is -0.140. The number of sulfonamides is 1. The summed E-state index contributed by atoms with van der Waals surface area (Å²) in [7, 11) is -3.82. The standard InChI is InChI=1S/C32H39N3O5S/c1-4-30(32(37)33-26-10-8-9-11-26)34(22-25-16-14-24(2)15-17-25)31(36)23-35(41(3,38)39)27-18-20-29(21-19-27)40-28-12-6-5-7-13-28/h5-7,12-21,26,30H,4,8-11,22-23H2,1-3H3,(H,33,37)/t30-/m1/s1. The smallest absolute Gasteiger partial charge is 0.244 e. The zero-order valence-corrected chi connectivity index (χ0v) is 24.8. The number of aryl methyl sites for hydroxylation is 1. The molecular weight excluding hydrogens is 538 g/mol. The van der Waals surface area contributed by atoms with Gasteiger partial charge < -0.3 is 15.0 Å². The maximum Gasteiger partial charge on any atom is 0.244 e. The Hall–Kier alpha value is -3.85. The third-order valence-electron chi connectivity index (χ3n) is 7.34. The van der Waals surface area contributed by atoms with Gasteiger partial charge in [-0.3, -0.25) is 13.9 Å². The molecule has 41 heavy (non-hydrogen) atoms. The van der Waals surface area contributed by atoms with Crippen LogP contribution in [0.4, 0.5) is 5.69 Å². The summed E-state index contributed by atoms with van der Waals surface area (Å²) in [4.78, 5) is 28.8. The van der Waals surface area contributed by atoms with Crippen molar-refractivity contribution in [3.8, 4) is 11.5 Å². The van der Waals surface area contributed by atoms with Crippen LogP contribution < -0.4 is 14.4 Å². The van der Waals surface area contributed by atoms with Gasteiger partial charge in [-0.25, -0.2) is 8.42 Å². The van der Waals surface area contributed by atoms with E-state index in [1.807, 2.05) is 68.4 Å². The summed E-state index contributed by atoms with van der Waals surface area (Å²) in [5, 5.41) is 3.12. The fourth-order valence-electron chi connectivity index (χ4n) is 5.10. The Kier molecular flexibility index (Phi) is 10.0. The molecule has 0 spiro atoms. The number of anilines is 1. The molecule has 1 saturated carbocycles. The van der Waals surface area contributed by atoms with Gasteiger partial charge in [0.15, 0.2) is 0 Å². The van der Waals surface area contributed by atoms with Gasteiger partial charge in [0.1, 0.15) is 24.1 Å². The van der Waals surface area contributed by atoms with Gasteiger partial charge in [-0.05, 0) is 68.1 Å². The van der Waals surface area contributed by atoms with E-state index in [0.29, 0.717) is 23.6 Å². The van der Waals surface area contributed by atoms with Gasteiger partial charge in [0.05, 0.1) is 11.9 Å². The number of benzene rings is 3. The number of carbonyl (C=O) groups is 2. The molecule has 9 heteroatoms. The number of nitrogens with one attached hydrogen (secondary N) is 1. The number of amides is 2. The maximum absolute atomic E-state index is 13.9. The van der Waals surface area contributed by atoms with E-state index < -0.39 is 28.5 Å². The molecule has 0 unspecified atom stereocenters. The van der Waals surface area contributed by atoms with E-state index in [1.165, 1.54) is 4.90 Å². The highest BCUT2D eigenvalue weighted by atomic mass is 32.2. The second kappa shape index (κ2) is 13.7. The van der Waals surface area contributed by atoms with E-state index in [2.05, 4.69) is 5.32 Å². The SMILES string of the molecule is CC[C@H](C(=O)NC1CCCC1)N(Cc1ccc(C)cc1)C(=O)CN(c1ccc(Oc2ccccc2)cc1)S(C)(=O)=O. The summed E-state index contributed by atoms with van der Waals surface area (Å²) in [6, 6.07) is 23.0. The lowest BCUT2D eigenvalue weighted by Crippen LogP contribution is -2.53. The highest BCUT2D eigenvalue weighted by Gasteiger charge is 2.33. The minimum atomic E-state index is -3.82. The number of hydrogen-bond acceptors (Lipinski definition) is 5. The van der Waals surface area contributed by atoms with Crippen molar-refractivity contribution >= 4 is 27.5 Å². The first-order valence-corrected chi connectivity index (χ1v) is 15.9. The van der Waals surface area contributed by atoms with Crippen molar-refractivity contribution in [2.45, 2.75) is 64.6 Å². The summed E-state index contributed by atoms with van der Waals surface area (Å²) >= 11 is 0. The molecular formula is C32H39N3O5S. The van der Waals surface area contributed by atoms with E-state index in [9.17, 15) is 18.0 Å². The molecule has 1 N–H and O–H groups in total. The van der Waals surface area contributed by atoms with E-state index in [1.54, 1.807) is 24.3 Å². The fraction of sp³-hybridized carbons (Fsp3) is 0.375. The summed E-state index contributed by atoms with van der Waals surface area (Å²) in [6.45, 7) is 3.61. The topological polar surface area (TPSA) is 96.0 Å². The first-order valence-electron chi connectivity index (χ1n) is 14.1. The van der Waals surface area contributed by atoms with Gasteiger partial charge >= 0.3 is 0 Å². The summed E-state index contributed by atoms with van der Waals surface area (Å²) in [5.74, 6) is 0.543. The Morgan fingerprint density at radius 2 is 1.54 bits per heavy atom. The Labute approximate surface area is 243 Å². The molecule has 0 radical (unpaired) electrons. The number of para-hydroxylation sites is 1. The Bertz CT molecular complexity index is 1400. The lowest BCUT2D eigenvalue weighted by Gasteiger charge is -2.33. The molecule has 0 saturated heterocycles. The van der Waals surface area contributed by atoms with E-state index in [-0.39, 0.29) is 18.5 Å². The second-order valence-electron chi connectivity index (χ2n) is 10.6. The molecule has 218 valence electrons. The maximum atomic E-state index is 13.9.